The fourth-order valence-electron chi connectivity index (χ4n) is 2.20. The van der Waals surface area contributed by atoms with E-state index >= 15 is 0 Å². The van der Waals surface area contributed by atoms with Crippen molar-refractivity contribution in [3.8, 4) is 0 Å². The number of pyridine rings is 1. The second kappa shape index (κ2) is 6.22. The number of hydrogen-bond acceptors (Lipinski definition) is 2. The van der Waals surface area contributed by atoms with Crippen LogP contribution in [0.25, 0.3) is 0 Å². The van der Waals surface area contributed by atoms with Gasteiger partial charge in [-0.15, -0.1) is 0 Å². The average Bonchev–Trinajstić information content (AvgIpc) is 2.44. The lowest BCUT2D eigenvalue weighted by molar-refractivity contribution is -0.138. The topological polar surface area (TPSA) is 24.9 Å². The molecule has 0 bridgehead atoms. The Kier molecular flexibility index (Phi) is 4.57. The molecular weight excluding hydrogens is 284 g/mol. The number of rotatable bonds is 4. The highest BCUT2D eigenvalue weighted by atomic mass is 19.4. The summed E-state index contributed by atoms with van der Waals surface area (Å²) in [6.07, 6.45) is -2.09. The van der Waals surface area contributed by atoms with Gasteiger partial charge in [0, 0.05) is 6.20 Å². The van der Waals surface area contributed by atoms with E-state index in [9.17, 15) is 17.6 Å². The number of nitrogens with zero attached hydrogens (tertiary/aromatic N) is 1. The zero-order valence-electron chi connectivity index (χ0n) is 11.3. The first-order valence-electron chi connectivity index (χ1n) is 6.43. The van der Waals surface area contributed by atoms with Gasteiger partial charge in [-0.3, -0.25) is 4.98 Å². The van der Waals surface area contributed by atoms with Crippen molar-refractivity contribution in [1.29, 1.82) is 0 Å². The largest absolute Gasteiger partial charge is 0.416 e. The van der Waals surface area contributed by atoms with Crippen molar-refractivity contribution in [3.05, 3.63) is 65.2 Å². The summed E-state index contributed by atoms with van der Waals surface area (Å²) < 4.78 is 52.7. The van der Waals surface area contributed by atoms with E-state index in [-0.39, 0.29) is 5.56 Å². The number of halogens is 4. The van der Waals surface area contributed by atoms with Crippen molar-refractivity contribution in [2.75, 3.05) is 6.54 Å². The van der Waals surface area contributed by atoms with Gasteiger partial charge in [0.2, 0.25) is 0 Å². The van der Waals surface area contributed by atoms with Crippen LogP contribution in [0.1, 0.15) is 29.7 Å². The number of alkyl halides is 3. The van der Waals surface area contributed by atoms with E-state index in [0.717, 1.165) is 12.3 Å². The lowest BCUT2D eigenvalue weighted by Crippen LogP contribution is -2.25. The molecule has 2 aromatic rings. The van der Waals surface area contributed by atoms with E-state index in [1.807, 2.05) is 0 Å². The summed E-state index contributed by atoms with van der Waals surface area (Å²) in [4.78, 5) is 3.71. The van der Waals surface area contributed by atoms with E-state index < -0.39 is 23.6 Å². The van der Waals surface area contributed by atoms with Gasteiger partial charge in [0.1, 0.15) is 5.82 Å². The quantitative estimate of drug-likeness (QED) is 0.865. The van der Waals surface area contributed by atoms with Crippen molar-refractivity contribution in [1.82, 2.24) is 10.3 Å². The summed E-state index contributed by atoms with van der Waals surface area (Å²) in [5.74, 6) is -0.583. The van der Waals surface area contributed by atoms with Crippen molar-refractivity contribution in [2.24, 2.45) is 0 Å². The number of benzene rings is 1. The summed E-state index contributed by atoms with van der Waals surface area (Å²) in [6.45, 7) is 2.21. The van der Waals surface area contributed by atoms with Crippen molar-refractivity contribution < 1.29 is 17.6 Å². The Labute approximate surface area is 119 Å². The molecule has 0 saturated carbocycles. The summed E-state index contributed by atoms with van der Waals surface area (Å²) in [5, 5.41) is 2.95. The molecule has 0 aliphatic heterocycles. The molecule has 1 unspecified atom stereocenters. The van der Waals surface area contributed by atoms with E-state index in [2.05, 4.69) is 10.3 Å². The molecule has 1 atom stereocenters. The van der Waals surface area contributed by atoms with Gasteiger partial charge in [0.05, 0.1) is 17.8 Å². The lowest BCUT2D eigenvalue weighted by Gasteiger charge is -2.22. The molecule has 1 N–H and O–H groups in total. The maximum atomic E-state index is 13.3. The number of nitrogens with one attached hydrogen (secondary N) is 1. The van der Waals surface area contributed by atoms with Gasteiger partial charge in [-0.25, -0.2) is 4.39 Å². The summed E-state index contributed by atoms with van der Waals surface area (Å²) in [5.41, 5.74) is -0.326. The average molecular weight is 298 g/mol. The Balaban J connectivity index is 2.54. The number of aromatic nitrogens is 1. The van der Waals surface area contributed by atoms with Crippen molar-refractivity contribution in [2.45, 2.75) is 19.1 Å². The van der Waals surface area contributed by atoms with Crippen LogP contribution in [0.2, 0.25) is 0 Å². The molecule has 0 fully saturated rings. The van der Waals surface area contributed by atoms with Crippen LogP contribution in [0.3, 0.4) is 0 Å². The van der Waals surface area contributed by atoms with Crippen LogP contribution < -0.4 is 5.32 Å². The Bertz CT molecular complexity index is 611. The minimum atomic E-state index is -4.47. The molecule has 0 radical (unpaired) electrons. The summed E-state index contributed by atoms with van der Waals surface area (Å²) in [7, 11) is 0. The maximum absolute atomic E-state index is 13.3. The Hall–Kier alpha value is -1.95. The smallest absolute Gasteiger partial charge is 0.306 e. The van der Waals surface area contributed by atoms with Crippen LogP contribution in [-0.2, 0) is 6.18 Å². The van der Waals surface area contributed by atoms with Gasteiger partial charge in [-0.05, 0) is 29.8 Å². The maximum Gasteiger partial charge on any atom is 0.416 e. The fourth-order valence-corrected chi connectivity index (χ4v) is 2.20. The zero-order chi connectivity index (χ0) is 15.5. The molecule has 2 nitrogen and oxygen atoms in total. The Morgan fingerprint density at radius 3 is 2.52 bits per heavy atom. The molecule has 0 saturated heterocycles. The molecule has 112 valence electrons. The zero-order valence-corrected chi connectivity index (χ0v) is 11.3. The highest BCUT2D eigenvalue weighted by Crippen LogP contribution is 2.36. The van der Waals surface area contributed by atoms with Crippen LogP contribution in [-0.4, -0.2) is 11.5 Å². The molecular formula is C15H14F4N2. The molecule has 6 heteroatoms. The van der Waals surface area contributed by atoms with Gasteiger partial charge in [-0.1, -0.05) is 25.1 Å². The van der Waals surface area contributed by atoms with E-state index in [1.165, 1.54) is 30.5 Å². The normalized spacial score (nSPS) is 13.2. The molecule has 21 heavy (non-hydrogen) atoms. The predicted molar refractivity (Wildman–Crippen MR) is 71.2 cm³/mol. The second-order valence-corrected chi connectivity index (χ2v) is 4.51. The first-order valence-corrected chi connectivity index (χ1v) is 6.43. The van der Waals surface area contributed by atoms with Gasteiger partial charge < -0.3 is 5.32 Å². The minimum Gasteiger partial charge on any atom is -0.306 e. The summed E-state index contributed by atoms with van der Waals surface area (Å²) in [6, 6.07) is 5.69. The molecule has 2 rings (SSSR count). The number of hydrogen-bond donors (Lipinski definition) is 1. The SMILES string of the molecule is CCNC(c1cncc(F)c1)c1ccccc1C(F)(F)F. The first kappa shape index (κ1) is 15.4. The molecule has 1 aromatic heterocycles. The van der Waals surface area contributed by atoms with Gasteiger partial charge >= 0.3 is 6.18 Å². The molecule has 0 aliphatic carbocycles. The molecule has 0 aliphatic rings. The van der Waals surface area contributed by atoms with Crippen LogP contribution in [0.4, 0.5) is 17.6 Å². The van der Waals surface area contributed by atoms with Crippen molar-refractivity contribution in [3.63, 3.8) is 0 Å². The predicted octanol–water partition coefficient (Wildman–Crippen LogP) is 3.94. The van der Waals surface area contributed by atoms with Gasteiger partial charge in [0.25, 0.3) is 0 Å². The Morgan fingerprint density at radius 2 is 1.90 bits per heavy atom. The molecule has 0 amide bonds. The standard InChI is InChI=1S/C15H14F4N2/c1-2-21-14(10-7-11(16)9-20-8-10)12-5-3-4-6-13(12)15(17,18)19/h3-9,14,21H,2H2,1H3. The minimum absolute atomic E-state index is 0.0549. The highest BCUT2D eigenvalue weighted by Gasteiger charge is 2.35. The summed E-state index contributed by atoms with van der Waals surface area (Å²) >= 11 is 0. The van der Waals surface area contributed by atoms with Crippen LogP contribution in [0.15, 0.2) is 42.7 Å². The highest BCUT2D eigenvalue weighted by molar-refractivity contribution is 5.38. The van der Waals surface area contributed by atoms with Gasteiger partial charge in [0.15, 0.2) is 0 Å². The van der Waals surface area contributed by atoms with E-state index in [1.54, 1.807) is 6.92 Å². The molecule has 0 spiro atoms. The van der Waals surface area contributed by atoms with E-state index in [0.29, 0.717) is 12.1 Å². The third kappa shape index (κ3) is 3.58. The Morgan fingerprint density at radius 1 is 1.19 bits per heavy atom. The van der Waals surface area contributed by atoms with Crippen LogP contribution in [0, 0.1) is 5.82 Å². The van der Waals surface area contributed by atoms with Crippen LogP contribution in [0.5, 0.6) is 0 Å². The van der Waals surface area contributed by atoms with Crippen molar-refractivity contribution >= 4 is 0 Å². The van der Waals surface area contributed by atoms with E-state index in [4.69, 9.17) is 0 Å². The molecule has 1 aromatic carbocycles. The monoisotopic (exact) mass is 298 g/mol. The fraction of sp³-hybridized carbons (Fsp3) is 0.267. The third-order valence-corrected chi connectivity index (χ3v) is 3.04. The third-order valence-electron chi connectivity index (χ3n) is 3.04. The first-order chi connectivity index (χ1) is 9.93. The van der Waals surface area contributed by atoms with Crippen LogP contribution >= 0.6 is 0 Å². The lowest BCUT2D eigenvalue weighted by atomic mass is 9.95. The second-order valence-electron chi connectivity index (χ2n) is 4.51. The molecule has 1 heterocycles. The van der Waals surface area contributed by atoms with Gasteiger partial charge in [-0.2, -0.15) is 13.2 Å².